The standard InChI is InChI=1S/C21H17F3N4O2/c1-13-19(26-20(29)16-8-6-15(11-25)7-9-16)14(2)28(27-13)12-30-18-5-3-4-17(10-18)21(22,23)24/h3-10H,12H2,1-2H3,(H,26,29). The number of alkyl halides is 3. The molecule has 0 unspecified atom stereocenters. The van der Waals surface area contributed by atoms with Gasteiger partial charge in [-0.3, -0.25) is 4.79 Å². The predicted molar refractivity (Wildman–Crippen MR) is 103 cm³/mol. The molecule has 0 saturated heterocycles. The summed E-state index contributed by atoms with van der Waals surface area (Å²) in [6.07, 6.45) is -4.46. The number of aromatic nitrogens is 2. The van der Waals surface area contributed by atoms with Gasteiger partial charge in [0.2, 0.25) is 0 Å². The molecule has 0 aliphatic heterocycles. The number of hydrogen-bond acceptors (Lipinski definition) is 4. The molecule has 1 heterocycles. The highest BCUT2D eigenvalue weighted by molar-refractivity contribution is 6.04. The number of amides is 1. The molecule has 1 amide bonds. The summed E-state index contributed by atoms with van der Waals surface area (Å²) >= 11 is 0. The summed E-state index contributed by atoms with van der Waals surface area (Å²) < 4.78 is 45.4. The van der Waals surface area contributed by atoms with Crippen molar-refractivity contribution in [1.29, 1.82) is 5.26 Å². The molecule has 0 aliphatic carbocycles. The number of nitrogens with one attached hydrogen (secondary N) is 1. The second-order valence-corrected chi connectivity index (χ2v) is 6.49. The Balaban J connectivity index is 1.72. The number of rotatable bonds is 5. The first-order chi connectivity index (χ1) is 14.2. The lowest BCUT2D eigenvalue weighted by Gasteiger charge is -2.11. The zero-order valence-corrected chi connectivity index (χ0v) is 16.1. The van der Waals surface area contributed by atoms with Crippen LogP contribution in [0, 0.1) is 25.2 Å². The van der Waals surface area contributed by atoms with Crippen molar-refractivity contribution in [3.63, 3.8) is 0 Å². The summed E-state index contributed by atoms with van der Waals surface area (Å²) in [5.74, 6) is -0.315. The minimum Gasteiger partial charge on any atom is -0.471 e. The van der Waals surface area contributed by atoms with Gasteiger partial charge >= 0.3 is 6.18 Å². The number of carbonyl (C=O) groups is 1. The van der Waals surface area contributed by atoms with E-state index in [-0.39, 0.29) is 18.4 Å². The molecule has 6 nitrogen and oxygen atoms in total. The number of nitriles is 1. The van der Waals surface area contributed by atoms with Gasteiger partial charge in [-0.25, -0.2) is 4.68 Å². The van der Waals surface area contributed by atoms with Crippen LogP contribution in [0.4, 0.5) is 18.9 Å². The minimum atomic E-state index is -4.46. The Morgan fingerprint density at radius 1 is 1.20 bits per heavy atom. The third-order valence-corrected chi connectivity index (χ3v) is 4.41. The molecule has 0 aliphatic rings. The Labute approximate surface area is 170 Å². The zero-order chi connectivity index (χ0) is 21.9. The van der Waals surface area contributed by atoms with Crippen LogP contribution in [0.1, 0.15) is 32.9 Å². The molecule has 0 bridgehead atoms. The Morgan fingerprint density at radius 3 is 2.53 bits per heavy atom. The largest absolute Gasteiger partial charge is 0.471 e. The van der Waals surface area contributed by atoms with Crippen LogP contribution in [0.25, 0.3) is 0 Å². The maximum absolute atomic E-state index is 12.8. The highest BCUT2D eigenvalue weighted by atomic mass is 19.4. The van der Waals surface area contributed by atoms with Crippen LogP contribution in [0.3, 0.4) is 0 Å². The molecule has 0 atom stereocenters. The monoisotopic (exact) mass is 414 g/mol. The third-order valence-electron chi connectivity index (χ3n) is 4.41. The highest BCUT2D eigenvalue weighted by Gasteiger charge is 2.30. The number of nitrogens with zero attached hydrogens (tertiary/aromatic N) is 3. The number of halogens is 3. The number of hydrogen-bond donors (Lipinski definition) is 1. The Bertz CT molecular complexity index is 1110. The number of aryl methyl sites for hydroxylation is 1. The molecule has 30 heavy (non-hydrogen) atoms. The Morgan fingerprint density at radius 2 is 1.90 bits per heavy atom. The molecule has 3 aromatic rings. The summed E-state index contributed by atoms with van der Waals surface area (Å²) in [6, 6.07) is 12.7. The molecule has 1 N–H and O–H groups in total. The van der Waals surface area contributed by atoms with Gasteiger partial charge in [0.05, 0.1) is 34.3 Å². The maximum Gasteiger partial charge on any atom is 0.416 e. The normalized spacial score (nSPS) is 11.1. The van der Waals surface area contributed by atoms with Crippen molar-refractivity contribution in [3.05, 3.63) is 76.6 Å². The molecule has 0 saturated carbocycles. The first kappa shape index (κ1) is 20.9. The van der Waals surface area contributed by atoms with Crippen molar-refractivity contribution in [1.82, 2.24) is 9.78 Å². The molecule has 0 radical (unpaired) electrons. The van der Waals surface area contributed by atoms with E-state index < -0.39 is 11.7 Å². The van der Waals surface area contributed by atoms with Crippen molar-refractivity contribution in [2.45, 2.75) is 26.8 Å². The summed E-state index contributed by atoms with van der Waals surface area (Å²) in [5.41, 5.74) is 1.61. The SMILES string of the molecule is Cc1nn(COc2cccc(C(F)(F)F)c2)c(C)c1NC(=O)c1ccc(C#N)cc1. The smallest absolute Gasteiger partial charge is 0.416 e. The quantitative estimate of drug-likeness (QED) is 0.658. The highest BCUT2D eigenvalue weighted by Crippen LogP contribution is 2.31. The third kappa shape index (κ3) is 4.60. The van der Waals surface area contributed by atoms with Crippen LogP contribution in [-0.2, 0) is 12.9 Å². The van der Waals surface area contributed by atoms with Crippen LogP contribution in [-0.4, -0.2) is 15.7 Å². The second-order valence-electron chi connectivity index (χ2n) is 6.49. The van der Waals surface area contributed by atoms with Crippen LogP contribution >= 0.6 is 0 Å². The van der Waals surface area contributed by atoms with E-state index in [1.807, 2.05) is 6.07 Å². The number of anilines is 1. The zero-order valence-electron chi connectivity index (χ0n) is 16.1. The molecular formula is C21H17F3N4O2. The van der Waals surface area contributed by atoms with Crippen molar-refractivity contribution in [2.75, 3.05) is 5.32 Å². The summed E-state index contributed by atoms with van der Waals surface area (Å²) in [6.45, 7) is 3.28. The van der Waals surface area contributed by atoms with Crippen molar-refractivity contribution in [2.24, 2.45) is 0 Å². The number of benzene rings is 2. The topological polar surface area (TPSA) is 79.9 Å². The molecule has 154 valence electrons. The molecule has 0 fully saturated rings. The van der Waals surface area contributed by atoms with Crippen molar-refractivity contribution in [3.8, 4) is 11.8 Å². The molecule has 2 aromatic carbocycles. The first-order valence-electron chi connectivity index (χ1n) is 8.84. The van der Waals surface area contributed by atoms with Crippen LogP contribution in [0.2, 0.25) is 0 Å². The van der Waals surface area contributed by atoms with E-state index in [2.05, 4.69) is 10.4 Å². The van der Waals surface area contributed by atoms with Gasteiger partial charge in [-0.2, -0.15) is 23.5 Å². The second kappa shape index (κ2) is 8.29. The van der Waals surface area contributed by atoms with Gasteiger partial charge in [0.15, 0.2) is 6.73 Å². The van der Waals surface area contributed by atoms with E-state index in [1.54, 1.807) is 38.1 Å². The Kier molecular flexibility index (Phi) is 5.78. The van der Waals surface area contributed by atoms with Crippen LogP contribution in [0.15, 0.2) is 48.5 Å². The molecule has 1 aromatic heterocycles. The van der Waals surface area contributed by atoms with E-state index in [4.69, 9.17) is 10.00 Å². The van der Waals surface area contributed by atoms with E-state index in [1.165, 1.54) is 16.8 Å². The minimum absolute atomic E-state index is 0.0561. The van der Waals surface area contributed by atoms with E-state index in [9.17, 15) is 18.0 Å². The van der Waals surface area contributed by atoms with Crippen molar-refractivity contribution >= 4 is 11.6 Å². The van der Waals surface area contributed by atoms with E-state index >= 15 is 0 Å². The molecule has 0 spiro atoms. The Hall–Kier alpha value is -3.80. The summed E-state index contributed by atoms with van der Waals surface area (Å²) in [7, 11) is 0. The van der Waals surface area contributed by atoms with Crippen LogP contribution in [0.5, 0.6) is 5.75 Å². The van der Waals surface area contributed by atoms with Gasteiger partial charge in [0.1, 0.15) is 5.75 Å². The lowest BCUT2D eigenvalue weighted by Crippen LogP contribution is -2.14. The van der Waals surface area contributed by atoms with Gasteiger partial charge in [0.25, 0.3) is 5.91 Å². The van der Waals surface area contributed by atoms with Gasteiger partial charge in [-0.05, 0) is 56.3 Å². The average molecular weight is 414 g/mol. The fourth-order valence-electron chi connectivity index (χ4n) is 2.78. The van der Waals surface area contributed by atoms with E-state index in [0.717, 1.165) is 12.1 Å². The maximum atomic E-state index is 12.8. The molecule has 9 heteroatoms. The first-order valence-corrected chi connectivity index (χ1v) is 8.84. The summed E-state index contributed by atoms with van der Waals surface area (Å²) in [5, 5.41) is 15.9. The number of carbonyl (C=O) groups excluding carboxylic acids is 1. The molecular weight excluding hydrogens is 397 g/mol. The van der Waals surface area contributed by atoms with Gasteiger partial charge in [-0.15, -0.1) is 0 Å². The predicted octanol–water partition coefficient (Wildman–Crippen LogP) is 4.68. The fraction of sp³-hybridized carbons (Fsp3) is 0.190. The van der Waals surface area contributed by atoms with Crippen LogP contribution < -0.4 is 10.1 Å². The number of ether oxygens (including phenoxy) is 1. The lowest BCUT2D eigenvalue weighted by molar-refractivity contribution is -0.137. The van der Waals surface area contributed by atoms with Crippen molar-refractivity contribution < 1.29 is 22.7 Å². The van der Waals surface area contributed by atoms with Gasteiger partial charge < -0.3 is 10.1 Å². The van der Waals surface area contributed by atoms with E-state index in [0.29, 0.717) is 28.2 Å². The average Bonchev–Trinajstić information content (AvgIpc) is 2.99. The van der Waals surface area contributed by atoms with Gasteiger partial charge in [-0.1, -0.05) is 6.07 Å². The van der Waals surface area contributed by atoms with Gasteiger partial charge in [0, 0.05) is 5.56 Å². The lowest BCUT2D eigenvalue weighted by atomic mass is 10.1. The molecule has 3 rings (SSSR count). The fourth-order valence-corrected chi connectivity index (χ4v) is 2.78. The summed E-state index contributed by atoms with van der Waals surface area (Å²) in [4.78, 5) is 12.5.